The summed E-state index contributed by atoms with van der Waals surface area (Å²) in [5, 5.41) is 0.421. The van der Waals surface area contributed by atoms with E-state index in [2.05, 4.69) is 15.0 Å². The Balaban J connectivity index is 2.12. The minimum Gasteiger partial charge on any atom is -0.496 e. The van der Waals surface area contributed by atoms with Gasteiger partial charge in [0.2, 0.25) is 0 Å². The summed E-state index contributed by atoms with van der Waals surface area (Å²) < 4.78 is 28.6. The second-order valence-electron chi connectivity index (χ2n) is 4.95. The van der Waals surface area contributed by atoms with E-state index >= 15 is 0 Å². The SMILES string of the molecule is COc1ccnc(Cl)c1-c1c(Cl)ncn1-c1ccc(C[SH](=O)=O)cn1. The molecule has 0 aliphatic carbocycles. The quantitative estimate of drug-likeness (QED) is 0.525. The van der Waals surface area contributed by atoms with Crippen LogP contribution in [0.1, 0.15) is 5.56 Å². The van der Waals surface area contributed by atoms with Gasteiger partial charge in [-0.25, -0.2) is 23.4 Å². The van der Waals surface area contributed by atoms with Gasteiger partial charge in [-0.1, -0.05) is 29.3 Å². The molecule has 130 valence electrons. The minimum absolute atomic E-state index is 0.0671. The number of ether oxygens (including phenoxy) is 1. The van der Waals surface area contributed by atoms with E-state index in [1.165, 1.54) is 25.8 Å². The molecule has 0 aromatic carbocycles. The van der Waals surface area contributed by atoms with Crippen LogP contribution in [0, 0.1) is 0 Å². The van der Waals surface area contributed by atoms with Gasteiger partial charge in [-0.2, -0.15) is 0 Å². The molecule has 0 aliphatic rings. The number of imidazole rings is 1. The Bertz CT molecular complexity index is 979. The fourth-order valence-electron chi connectivity index (χ4n) is 2.33. The van der Waals surface area contributed by atoms with E-state index in [1.54, 1.807) is 22.8 Å². The standard InChI is InChI=1S/C15H12Cl2N4O3S/c1-24-10-4-5-18-14(16)12(10)13-15(17)20-8-21(13)11-3-2-9(6-19-11)7-25(22)23/h2-6,8,25H,7H2,1H3. The summed E-state index contributed by atoms with van der Waals surface area (Å²) in [6, 6.07) is 5.01. The summed E-state index contributed by atoms with van der Waals surface area (Å²) in [7, 11) is -0.998. The number of halogens is 2. The first-order valence-corrected chi connectivity index (χ1v) is 9.12. The predicted octanol–water partition coefficient (Wildman–Crippen LogP) is 2.76. The lowest BCUT2D eigenvalue weighted by atomic mass is 10.2. The Labute approximate surface area is 155 Å². The van der Waals surface area contributed by atoms with Crippen molar-refractivity contribution in [3.05, 3.63) is 52.8 Å². The molecule has 0 saturated heterocycles. The number of aromatic nitrogens is 4. The van der Waals surface area contributed by atoms with Gasteiger partial charge in [0.25, 0.3) is 0 Å². The highest BCUT2D eigenvalue weighted by molar-refractivity contribution is 7.71. The van der Waals surface area contributed by atoms with Crippen LogP contribution in [0.25, 0.3) is 17.1 Å². The van der Waals surface area contributed by atoms with E-state index in [4.69, 9.17) is 27.9 Å². The molecule has 0 bridgehead atoms. The fraction of sp³-hybridized carbons (Fsp3) is 0.133. The number of thiol groups is 1. The molecule has 25 heavy (non-hydrogen) atoms. The lowest BCUT2D eigenvalue weighted by molar-refractivity contribution is 0.415. The van der Waals surface area contributed by atoms with Gasteiger partial charge in [0.15, 0.2) is 5.15 Å². The van der Waals surface area contributed by atoms with Crippen LogP contribution in [0.2, 0.25) is 10.3 Å². The van der Waals surface area contributed by atoms with Crippen molar-refractivity contribution < 1.29 is 13.2 Å². The van der Waals surface area contributed by atoms with Crippen molar-refractivity contribution in [2.24, 2.45) is 0 Å². The molecular formula is C15H12Cl2N4O3S. The molecule has 0 amide bonds. The molecule has 0 aliphatic heterocycles. The van der Waals surface area contributed by atoms with Gasteiger partial charge < -0.3 is 4.74 Å². The van der Waals surface area contributed by atoms with Crippen LogP contribution >= 0.6 is 23.2 Å². The van der Waals surface area contributed by atoms with Crippen LogP contribution in [-0.4, -0.2) is 35.0 Å². The number of hydrogen-bond acceptors (Lipinski definition) is 6. The fourth-order valence-corrected chi connectivity index (χ4v) is 3.28. The number of methoxy groups -OCH3 is 1. The highest BCUT2D eigenvalue weighted by Crippen LogP contribution is 2.39. The maximum absolute atomic E-state index is 10.8. The molecule has 3 heterocycles. The molecule has 0 fully saturated rings. The van der Waals surface area contributed by atoms with E-state index in [0.29, 0.717) is 28.4 Å². The van der Waals surface area contributed by atoms with Gasteiger partial charge in [-0.05, 0) is 17.7 Å². The van der Waals surface area contributed by atoms with E-state index < -0.39 is 10.7 Å². The minimum atomic E-state index is -2.51. The maximum Gasteiger partial charge on any atom is 0.155 e. The number of nitrogens with zero attached hydrogens (tertiary/aromatic N) is 4. The molecule has 0 spiro atoms. The predicted molar refractivity (Wildman–Crippen MR) is 95.2 cm³/mol. The lowest BCUT2D eigenvalue weighted by Gasteiger charge is -2.12. The third-order valence-corrected chi connectivity index (χ3v) is 4.60. The van der Waals surface area contributed by atoms with Crippen LogP contribution < -0.4 is 4.74 Å². The van der Waals surface area contributed by atoms with E-state index in [0.717, 1.165) is 0 Å². The van der Waals surface area contributed by atoms with Gasteiger partial charge in [0, 0.05) is 12.4 Å². The molecule has 0 unspecified atom stereocenters. The van der Waals surface area contributed by atoms with Crippen molar-refractivity contribution in [1.82, 2.24) is 19.5 Å². The van der Waals surface area contributed by atoms with Crippen LogP contribution in [0.5, 0.6) is 5.75 Å². The van der Waals surface area contributed by atoms with E-state index in [-0.39, 0.29) is 16.1 Å². The third kappa shape index (κ3) is 3.60. The van der Waals surface area contributed by atoms with Crippen molar-refractivity contribution in [3.63, 3.8) is 0 Å². The average molecular weight is 399 g/mol. The summed E-state index contributed by atoms with van der Waals surface area (Å²) in [6.45, 7) is 0. The second-order valence-corrected chi connectivity index (χ2v) is 6.65. The number of hydrogen-bond donors (Lipinski definition) is 1. The number of rotatable bonds is 5. The first-order chi connectivity index (χ1) is 12.0. The van der Waals surface area contributed by atoms with Crippen molar-refractivity contribution in [2.75, 3.05) is 7.11 Å². The summed E-state index contributed by atoms with van der Waals surface area (Å²) >= 11 is 12.5. The topological polar surface area (TPSA) is 87.0 Å². The molecule has 0 atom stereocenters. The average Bonchev–Trinajstić information content (AvgIpc) is 2.96. The van der Waals surface area contributed by atoms with Crippen molar-refractivity contribution in [1.29, 1.82) is 0 Å². The Morgan fingerprint density at radius 2 is 1.92 bits per heavy atom. The molecule has 3 aromatic heterocycles. The summed E-state index contributed by atoms with van der Waals surface area (Å²) in [6.07, 6.45) is 4.51. The van der Waals surface area contributed by atoms with Crippen LogP contribution in [-0.2, 0) is 16.5 Å². The van der Waals surface area contributed by atoms with Gasteiger partial charge in [0.1, 0.15) is 33.8 Å². The zero-order valence-electron chi connectivity index (χ0n) is 12.9. The van der Waals surface area contributed by atoms with Crippen LogP contribution in [0.3, 0.4) is 0 Å². The Hall–Kier alpha value is -2.16. The summed E-state index contributed by atoms with van der Waals surface area (Å²) in [5.41, 5.74) is 1.55. The Morgan fingerprint density at radius 3 is 2.56 bits per heavy atom. The lowest BCUT2D eigenvalue weighted by Crippen LogP contribution is -2.01. The van der Waals surface area contributed by atoms with E-state index in [1.807, 2.05) is 0 Å². The molecule has 0 radical (unpaired) electrons. The zero-order chi connectivity index (χ0) is 18.0. The number of pyridine rings is 2. The highest BCUT2D eigenvalue weighted by Gasteiger charge is 2.21. The van der Waals surface area contributed by atoms with Crippen molar-refractivity contribution in [3.8, 4) is 22.8 Å². The highest BCUT2D eigenvalue weighted by atomic mass is 35.5. The Morgan fingerprint density at radius 1 is 1.12 bits per heavy atom. The first kappa shape index (κ1) is 17.7. The molecule has 0 saturated carbocycles. The second kappa shape index (κ2) is 7.38. The van der Waals surface area contributed by atoms with Crippen LogP contribution in [0.15, 0.2) is 36.9 Å². The first-order valence-electron chi connectivity index (χ1n) is 7.00. The zero-order valence-corrected chi connectivity index (χ0v) is 15.3. The largest absolute Gasteiger partial charge is 0.496 e. The maximum atomic E-state index is 10.8. The van der Waals surface area contributed by atoms with Gasteiger partial charge in [0.05, 0.1) is 24.1 Å². The summed E-state index contributed by atoms with van der Waals surface area (Å²) in [5.74, 6) is 0.924. The smallest absolute Gasteiger partial charge is 0.155 e. The van der Waals surface area contributed by atoms with Crippen molar-refractivity contribution >= 4 is 33.9 Å². The van der Waals surface area contributed by atoms with Crippen LogP contribution in [0.4, 0.5) is 0 Å². The Kier molecular flexibility index (Phi) is 5.22. The third-order valence-electron chi connectivity index (χ3n) is 3.41. The molecule has 0 N–H and O–H groups in total. The molecule has 7 nitrogen and oxygen atoms in total. The molecule has 3 aromatic rings. The monoisotopic (exact) mass is 398 g/mol. The van der Waals surface area contributed by atoms with Gasteiger partial charge in [-0.3, -0.25) is 4.57 Å². The molecule has 10 heteroatoms. The molecular weight excluding hydrogens is 387 g/mol. The normalized spacial score (nSPS) is 11.0. The van der Waals surface area contributed by atoms with E-state index in [9.17, 15) is 8.42 Å². The van der Waals surface area contributed by atoms with Gasteiger partial charge in [-0.15, -0.1) is 0 Å². The van der Waals surface area contributed by atoms with Crippen molar-refractivity contribution in [2.45, 2.75) is 5.75 Å². The summed E-state index contributed by atoms with van der Waals surface area (Å²) in [4.78, 5) is 12.4. The van der Waals surface area contributed by atoms with Gasteiger partial charge >= 0.3 is 0 Å². The molecule has 3 rings (SSSR count).